The van der Waals surface area contributed by atoms with Gasteiger partial charge in [-0.15, -0.1) is 0 Å². The zero-order valence-electron chi connectivity index (χ0n) is 9.79. The summed E-state index contributed by atoms with van der Waals surface area (Å²) in [6, 6.07) is 9.30. The second-order valence-electron chi connectivity index (χ2n) is 4.05. The van der Waals surface area contributed by atoms with Gasteiger partial charge in [-0.05, 0) is 45.8 Å². The summed E-state index contributed by atoms with van der Waals surface area (Å²) in [5.74, 6) is -0.532. The van der Waals surface area contributed by atoms with E-state index in [4.69, 9.17) is 17.3 Å². The first kappa shape index (κ1) is 14.0. The van der Waals surface area contributed by atoms with Gasteiger partial charge in [-0.25, -0.2) is 4.39 Å². The van der Waals surface area contributed by atoms with Crippen molar-refractivity contribution in [1.29, 1.82) is 0 Å². The first-order valence-electron chi connectivity index (χ1n) is 5.50. The SMILES string of the molecule is Nc1cc(C(=O)Cc2cccc(F)c2Br)ccc1Cl. The van der Waals surface area contributed by atoms with Crippen molar-refractivity contribution >= 4 is 39.0 Å². The van der Waals surface area contributed by atoms with Crippen molar-refractivity contribution in [3.05, 3.63) is 62.8 Å². The van der Waals surface area contributed by atoms with Gasteiger partial charge in [-0.1, -0.05) is 23.7 Å². The maximum atomic E-state index is 13.4. The number of carbonyl (C=O) groups is 1. The second kappa shape index (κ2) is 5.72. The third-order valence-electron chi connectivity index (χ3n) is 2.70. The summed E-state index contributed by atoms with van der Waals surface area (Å²) >= 11 is 8.93. The molecule has 2 rings (SSSR count). The van der Waals surface area contributed by atoms with Crippen molar-refractivity contribution in [3.63, 3.8) is 0 Å². The Morgan fingerprint density at radius 2 is 2.05 bits per heavy atom. The van der Waals surface area contributed by atoms with Crippen LogP contribution in [-0.2, 0) is 6.42 Å². The first-order chi connectivity index (χ1) is 8.99. The molecule has 0 spiro atoms. The molecule has 0 aromatic heterocycles. The molecule has 2 nitrogen and oxygen atoms in total. The van der Waals surface area contributed by atoms with Gasteiger partial charge in [0, 0.05) is 12.0 Å². The summed E-state index contributed by atoms with van der Waals surface area (Å²) in [6.07, 6.45) is 0.0966. The van der Waals surface area contributed by atoms with Crippen LogP contribution >= 0.6 is 27.5 Å². The zero-order chi connectivity index (χ0) is 14.0. The largest absolute Gasteiger partial charge is 0.398 e. The number of nitrogens with two attached hydrogens (primary N) is 1. The van der Waals surface area contributed by atoms with E-state index in [1.54, 1.807) is 24.3 Å². The lowest BCUT2D eigenvalue weighted by atomic mass is 10.0. The third-order valence-corrected chi connectivity index (χ3v) is 3.93. The number of halogens is 3. The summed E-state index contributed by atoms with van der Waals surface area (Å²) in [5.41, 5.74) is 7.06. The fourth-order valence-corrected chi connectivity index (χ4v) is 2.20. The molecule has 5 heteroatoms. The van der Waals surface area contributed by atoms with Gasteiger partial charge in [0.05, 0.1) is 15.2 Å². The second-order valence-corrected chi connectivity index (χ2v) is 5.25. The number of carbonyl (C=O) groups excluding carboxylic acids is 1. The Labute approximate surface area is 123 Å². The molecule has 0 radical (unpaired) electrons. The molecule has 0 atom stereocenters. The highest BCUT2D eigenvalue weighted by Gasteiger charge is 2.12. The Balaban J connectivity index is 2.26. The summed E-state index contributed by atoms with van der Waals surface area (Å²) in [5, 5.41) is 0.406. The van der Waals surface area contributed by atoms with Crippen LogP contribution in [0.4, 0.5) is 10.1 Å². The van der Waals surface area contributed by atoms with Crippen molar-refractivity contribution in [3.8, 4) is 0 Å². The Hall–Kier alpha value is -1.39. The number of anilines is 1. The summed E-state index contributed by atoms with van der Waals surface area (Å²) in [6.45, 7) is 0. The Morgan fingerprint density at radius 1 is 1.32 bits per heavy atom. The van der Waals surface area contributed by atoms with Crippen LogP contribution in [0, 0.1) is 5.82 Å². The predicted octanol–water partition coefficient (Wildman–Crippen LogP) is 4.25. The molecule has 2 aromatic carbocycles. The van der Waals surface area contributed by atoms with Gasteiger partial charge >= 0.3 is 0 Å². The normalized spacial score (nSPS) is 10.5. The zero-order valence-corrected chi connectivity index (χ0v) is 12.1. The van der Waals surface area contributed by atoms with Crippen LogP contribution in [0.2, 0.25) is 5.02 Å². The molecule has 0 aliphatic rings. The molecular weight excluding hydrogens is 333 g/mol. The highest BCUT2D eigenvalue weighted by molar-refractivity contribution is 9.10. The number of nitrogen functional groups attached to an aromatic ring is 1. The van der Waals surface area contributed by atoms with E-state index in [1.165, 1.54) is 12.1 Å². The molecule has 0 bridgehead atoms. The maximum Gasteiger partial charge on any atom is 0.167 e. The molecule has 0 saturated carbocycles. The number of rotatable bonds is 3. The molecule has 98 valence electrons. The van der Waals surface area contributed by atoms with E-state index in [2.05, 4.69) is 15.9 Å². The van der Waals surface area contributed by atoms with Gasteiger partial charge in [-0.2, -0.15) is 0 Å². The summed E-state index contributed by atoms with van der Waals surface area (Å²) in [4.78, 5) is 12.1. The van der Waals surface area contributed by atoms with Crippen LogP contribution in [-0.4, -0.2) is 5.78 Å². The summed E-state index contributed by atoms with van der Waals surface area (Å²) in [7, 11) is 0. The van der Waals surface area contributed by atoms with Gasteiger partial charge in [0.1, 0.15) is 5.82 Å². The molecule has 0 unspecified atom stereocenters. The van der Waals surface area contributed by atoms with Crippen molar-refractivity contribution in [1.82, 2.24) is 0 Å². The number of benzene rings is 2. The molecular formula is C14H10BrClFNO. The van der Waals surface area contributed by atoms with Gasteiger partial charge < -0.3 is 5.73 Å². The smallest absolute Gasteiger partial charge is 0.167 e. The number of hydrogen-bond donors (Lipinski definition) is 1. The van der Waals surface area contributed by atoms with E-state index in [-0.39, 0.29) is 18.0 Å². The van der Waals surface area contributed by atoms with Crippen LogP contribution in [0.5, 0.6) is 0 Å². The highest BCUT2D eigenvalue weighted by atomic mass is 79.9. The fraction of sp³-hybridized carbons (Fsp3) is 0.0714. The van der Waals surface area contributed by atoms with Gasteiger partial charge in [-0.3, -0.25) is 4.79 Å². The Morgan fingerprint density at radius 3 is 2.74 bits per heavy atom. The molecule has 0 saturated heterocycles. The van der Waals surface area contributed by atoms with Crippen LogP contribution in [0.3, 0.4) is 0 Å². The first-order valence-corrected chi connectivity index (χ1v) is 6.67. The number of Topliss-reactive ketones (excluding diaryl/α,β-unsaturated/α-hetero) is 1. The molecule has 0 aliphatic heterocycles. The average molecular weight is 343 g/mol. The lowest BCUT2D eigenvalue weighted by Gasteiger charge is -2.06. The maximum absolute atomic E-state index is 13.4. The van der Waals surface area contributed by atoms with E-state index in [0.717, 1.165) is 0 Å². The molecule has 0 aliphatic carbocycles. The third kappa shape index (κ3) is 3.14. The number of hydrogen-bond acceptors (Lipinski definition) is 2. The molecule has 19 heavy (non-hydrogen) atoms. The quantitative estimate of drug-likeness (QED) is 0.669. The van der Waals surface area contributed by atoms with Crippen molar-refractivity contribution in [2.24, 2.45) is 0 Å². The molecule has 2 N–H and O–H groups in total. The van der Waals surface area contributed by atoms with E-state index >= 15 is 0 Å². The topological polar surface area (TPSA) is 43.1 Å². The van der Waals surface area contributed by atoms with Gasteiger partial charge in [0.2, 0.25) is 0 Å². The highest BCUT2D eigenvalue weighted by Crippen LogP contribution is 2.24. The Kier molecular flexibility index (Phi) is 4.22. The van der Waals surface area contributed by atoms with Crippen LogP contribution < -0.4 is 5.73 Å². The van der Waals surface area contributed by atoms with Crippen molar-refractivity contribution in [2.45, 2.75) is 6.42 Å². The minimum Gasteiger partial charge on any atom is -0.398 e. The van der Waals surface area contributed by atoms with Gasteiger partial charge in [0.15, 0.2) is 5.78 Å². The lowest BCUT2D eigenvalue weighted by molar-refractivity contribution is 0.0993. The summed E-state index contributed by atoms with van der Waals surface area (Å²) < 4.78 is 13.7. The lowest BCUT2D eigenvalue weighted by Crippen LogP contribution is -2.05. The van der Waals surface area contributed by atoms with Crippen LogP contribution in [0.1, 0.15) is 15.9 Å². The molecule has 2 aromatic rings. The standard InChI is InChI=1S/C14H10BrClFNO/c15-14-9(2-1-3-11(14)17)7-13(19)8-4-5-10(16)12(18)6-8/h1-6H,7,18H2. The molecule has 0 fully saturated rings. The van der Waals surface area contributed by atoms with E-state index in [0.29, 0.717) is 26.3 Å². The Bertz CT molecular complexity index is 645. The van der Waals surface area contributed by atoms with E-state index in [9.17, 15) is 9.18 Å². The van der Waals surface area contributed by atoms with Crippen LogP contribution in [0.15, 0.2) is 40.9 Å². The van der Waals surface area contributed by atoms with Gasteiger partial charge in [0.25, 0.3) is 0 Å². The van der Waals surface area contributed by atoms with Crippen molar-refractivity contribution < 1.29 is 9.18 Å². The predicted molar refractivity (Wildman–Crippen MR) is 78.0 cm³/mol. The average Bonchev–Trinajstić information content (AvgIpc) is 2.38. The van der Waals surface area contributed by atoms with Crippen molar-refractivity contribution in [2.75, 3.05) is 5.73 Å². The minimum atomic E-state index is -0.388. The molecule has 0 amide bonds. The number of ketones is 1. The van der Waals surface area contributed by atoms with Crippen LogP contribution in [0.25, 0.3) is 0 Å². The fourth-order valence-electron chi connectivity index (χ4n) is 1.68. The monoisotopic (exact) mass is 341 g/mol. The molecule has 0 heterocycles. The minimum absolute atomic E-state index is 0.0966. The van der Waals surface area contributed by atoms with E-state index in [1.807, 2.05) is 0 Å². The van der Waals surface area contributed by atoms with E-state index < -0.39 is 0 Å².